The number of thiophene rings is 2. The number of hydrogen-bond donors (Lipinski definition) is 1. The molecular formula is C23H18O2S2. The standard InChI is InChI=1S/C15H12OS.C8H6OS/c1-2-4-12(5-3-1)11-16-14-7-6-13-8-9-17-15(13)10-14;9-7-2-1-6-3-4-10-8(6)5-7/h1-10H,11H2;1-5,9H. The molecule has 27 heavy (non-hydrogen) atoms. The minimum atomic E-state index is 0.343. The molecule has 2 nitrogen and oxygen atoms in total. The number of phenolic OH excluding ortho intramolecular Hbond substituents is 1. The molecule has 0 atom stereocenters. The molecule has 134 valence electrons. The predicted molar refractivity (Wildman–Crippen MR) is 116 cm³/mol. The summed E-state index contributed by atoms with van der Waals surface area (Å²) in [5.41, 5.74) is 1.19. The van der Waals surface area contributed by atoms with Crippen molar-refractivity contribution in [3.8, 4) is 11.5 Å². The van der Waals surface area contributed by atoms with Crippen LogP contribution >= 0.6 is 22.7 Å². The quantitative estimate of drug-likeness (QED) is 0.356. The van der Waals surface area contributed by atoms with Crippen molar-refractivity contribution in [2.75, 3.05) is 0 Å². The zero-order valence-electron chi connectivity index (χ0n) is 14.5. The first-order valence-corrected chi connectivity index (χ1v) is 10.3. The van der Waals surface area contributed by atoms with Gasteiger partial charge in [-0.25, -0.2) is 0 Å². The Morgan fingerprint density at radius 1 is 0.704 bits per heavy atom. The fraction of sp³-hybridized carbons (Fsp3) is 0.0435. The Hall–Kier alpha value is -2.82. The largest absolute Gasteiger partial charge is 0.508 e. The van der Waals surface area contributed by atoms with E-state index in [0.717, 1.165) is 10.4 Å². The molecule has 4 heteroatoms. The van der Waals surface area contributed by atoms with Gasteiger partial charge >= 0.3 is 0 Å². The first-order valence-electron chi connectivity index (χ1n) is 8.58. The molecule has 2 aromatic heterocycles. The van der Waals surface area contributed by atoms with E-state index in [0.29, 0.717) is 12.4 Å². The Balaban J connectivity index is 0.000000153. The molecule has 0 saturated heterocycles. The van der Waals surface area contributed by atoms with Crippen molar-refractivity contribution in [2.24, 2.45) is 0 Å². The highest BCUT2D eigenvalue weighted by molar-refractivity contribution is 7.17. The van der Waals surface area contributed by atoms with E-state index in [1.165, 1.54) is 21.0 Å². The number of benzene rings is 3. The number of hydrogen-bond acceptors (Lipinski definition) is 4. The van der Waals surface area contributed by atoms with E-state index in [1.807, 2.05) is 41.8 Å². The van der Waals surface area contributed by atoms with Gasteiger partial charge in [0.1, 0.15) is 18.1 Å². The fourth-order valence-electron chi connectivity index (χ4n) is 2.71. The molecule has 2 heterocycles. The van der Waals surface area contributed by atoms with Crippen molar-refractivity contribution >= 4 is 42.8 Å². The van der Waals surface area contributed by atoms with Gasteiger partial charge < -0.3 is 9.84 Å². The second-order valence-electron chi connectivity index (χ2n) is 6.04. The molecule has 0 fully saturated rings. The summed E-state index contributed by atoms with van der Waals surface area (Å²) in [6, 6.07) is 26.0. The third-order valence-electron chi connectivity index (χ3n) is 4.12. The monoisotopic (exact) mass is 390 g/mol. The van der Waals surface area contributed by atoms with Gasteiger partial charge in [0.25, 0.3) is 0 Å². The molecule has 0 unspecified atom stereocenters. The van der Waals surface area contributed by atoms with Crippen molar-refractivity contribution in [3.63, 3.8) is 0 Å². The molecule has 1 N–H and O–H groups in total. The lowest BCUT2D eigenvalue weighted by molar-refractivity contribution is 0.306. The normalized spacial score (nSPS) is 10.5. The fourth-order valence-corrected chi connectivity index (χ4v) is 4.35. The van der Waals surface area contributed by atoms with E-state index in [9.17, 15) is 0 Å². The summed E-state index contributed by atoms with van der Waals surface area (Å²) in [5.74, 6) is 1.28. The van der Waals surface area contributed by atoms with E-state index in [-0.39, 0.29) is 0 Å². The number of phenols is 1. The highest BCUT2D eigenvalue weighted by Gasteiger charge is 1.99. The topological polar surface area (TPSA) is 29.5 Å². The maximum atomic E-state index is 9.06. The van der Waals surface area contributed by atoms with Gasteiger partial charge in [0, 0.05) is 9.40 Å². The lowest BCUT2D eigenvalue weighted by Crippen LogP contribution is -1.94. The zero-order chi connectivity index (χ0) is 18.5. The molecule has 5 aromatic rings. The number of fused-ring (bicyclic) bond motifs is 2. The van der Waals surface area contributed by atoms with E-state index in [2.05, 4.69) is 35.7 Å². The minimum Gasteiger partial charge on any atom is -0.508 e. The van der Waals surface area contributed by atoms with Crippen LogP contribution in [0.4, 0.5) is 0 Å². The summed E-state index contributed by atoms with van der Waals surface area (Å²) in [6.07, 6.45) is 0. The first kappa shape index (κ1) is 17.6. The molecular weight excluding hydrogens is 372 g/mol. The summed E-state index contributed by atoms with van der Waals surface area (Å²) < 4.78 is 8.19. The predicted octanol–water partition coefficient (Wildman–Crippen LogP) is 7.09. The lowest BCUT2D eigenvalue weighted by Gasteiger charge is -2.06. The molecule has 0 spiro atoms. The summed E-state index contributed by atoms with van der Waals surface area (Å²) >= 11 is 3.38. The van der Waals surface area contributed by atoms with Crippen LogP contribution in [0.3, 0.4) is 0 Å². The molecule has 0 aliphatic heterocycles. The average molecular weight is 391 g/mol. The number of aromatic hydroxyl groups is 1. The van der Waals surface area contributed by atoms with Crippen molar-refractivity contribution < 1.29 is 9.84 Å². The van der Waals surface area contributed by atoms with Gasteiger partial charge in [-0.1, -0.05) is 30.3 Å². The average Bonchev–Trinajstić information content (AvgIpc) is 3.36. The molecule has 0 aliphatic rings. The third kappa shape index (κ3) is 4.48. The maximum Gasteiger partial charge on any atom is 0.121 e. The Morgan fingerprint density at radius 2 is 1.37 bits per heavy atom. The minimum absolute atomic E-state index is 0.343. The van der Waals surface area contributed by atoms with E-state index >= 15 is 0 Å². The van der Waals surface area contributed by atoms with Crippen LogP contribution in [0.1, 0.15) is 5.56 Å². The molecule has 0 amide bonds. The van der Waals surface area contributed by atoms with E-state index in [1.54, 1.807) is 34.8 Å². The van der Waals surface area contributed by atoms with Crippen molar-refractivity contribution in [3.05, 3.63) is 95.2 Å². The summed E-state index contributed by atoms with van der Waals surface area (Å²) in [7, 11) is 0. The van der Waals surface area contributed by atoms with Crippen LogP contribution in [-0.4, -0.2) is 5.11 Å². The number of rotatable bonds is 3. The van der Waals surface area contributed by atoms with Crippen LogP contribution < -0.4 is 4.74 Å². The molecule has 0 bridgehead atoms. The smallest absolute Gasteiger partial charge is 0.121 e. The molecule has 5 rings (SSSR count). The Bertz CT molecular complexity index is 1140. The van der Waals surface area contributed by atoms with Crippen LogP contribution in [0.25, 0.3) is 20.2 Å². The summed E-state index contributed by atoms with van der Waals surface area (Å²) in [5, 5.41) is 15.7. The van der Waals surface area contributed by atoms with Gasteiger partial charge in [-0.2, -0.15) is 0 Å². The van der Waals surface area contributed by atoms with Gasteiger partial charge in [0.15, 0.2) is 0 Å². The molecule has 0 saturated carbocycles. The molecule has 0 aliphatic carbocycles. The highest BCUT2D eigenvalue weighted by Crippen LogP contribution is 2.26. The SMILES string of the molecule is Oc1ccc2ccsc2c1.c1ccc(COc2ccc3ccsc3c2)cc1. The Morgan fingerprint density at radius 3 is 2.11 bits per heavy atom. The lowest BCUT2D eigenvalue weighted by atomic mass is 10.2. The number of ether oxygens (including phenoxy) is 1. The summed E-state index contributed by atoms with van der Waals surface area (Å²) in [4.78, 5) is 0. The van der Waals surface area contributed by atoms with Crippen LogP contribution in [-0.2, 0) is 6.61 Å². The molecule has 0 radical (unpaired) electrons. The Labute approximate surface area is 165 Å². The third-order valence-corrected chi connectivity index (χ3v) is 5.88. The second-order valence-corrected chi connectivity index (χ2v) is 7.93. The summed E-state index contributed by atoms with van der Waals surface area (Å²) in [6.45, 7) is 0.623. The first-order chi connectivity index (χ1) is 13.3. The van der Waals surface area contributed by atoms with Crippen molar-refractivity contribution in [1.29, 1.82) is 0 Å². The zero-order valence-corrected chi connectivity index (χ0v) is 16.2. The molecule has 3 aromatic carbocycles. The van der Waals surface area contributed by atoms with Crippen molar-refractivity contribution in [2.45, 2.75) is 6.61 Å². The van der Waals surface area contributed by atoms with Crippen LogP contribution in [0.5, 0.6) is 11.5 Å². The van der Waals surface area contributed by atoms with Gasteiger partial charge in [-0.05, 0) is 75.6 Å². The highest BCUT2D eigenvalue weighted by atomic mass is 32.1. The van der Waals surface area contributed by atoms with Crippen molar-refractivity contribution in [1.82, 2.24) is 0 Å². The van der Waals surface area contributed by atoms with E-state index < -0.39 is 0 Å². The van der Waals surface area contributed by atoms with Crippen LogP contribution in [0.15, 0.2) is 89.6 Å². The Kier molecular flexibility index (Phi) is 5.37. The second kappa shape index (κ2) is 8.25. The maximum absolute atomic E-state index is 9.06. The van der Waals surface area contributed by atoms with Gasteiger partial charge in [0.05, 0.1) is 0 Å². The van der Waals surface area contributed by atoms with Gasteiger partial charge in [-0.15, -0.1) is 22.7 Å². The van der Waals surface area contributed by atoms with Gasteiger partial charge in [0.2, 0.25) is 0 Å². The van der Waals surface area contributed by atoms with Crippen LogP contribution in [0.2, 0.25) is 0 Å². The van der Waals surface area contributed by atoms with Gasteiger partial charge in [-0.3, -0.25) is 0 Å². The van der Waals surface area contributed by atoms with Crippen LogP contribution in [0, 0.1) is 0 Å². The van der Waals surface area contributed by atoms with E-state index in [4.69, 9.17) is 9.84 Å².